The van der Waals surface area contributed by atoms with Crippen molar-refractivity contribution in [3.05, 3.63) is 65.6 Å². The number of rotatable bonds is 3. The van der Waals surface area contributed by atoms with E-state index in [0.717, 1.165) is 16.5 Å². The summed E-state index contributed by atoms with van der Waals surface area (Å²) in [6, 6.07) is 10.1. The highest BCUT2D eigenvalue weighted by atomic mass is 19.4. The standard InChI is InChI=1S/C19H13F3N4O2/c1-10-8-23-16-11(10)4-2-5-12(16)14-6-3-7-15(25-14)26-17(19(20,21)22)13(9-24-26)18(27)28/h2-9,23H,1H3,(H,27,28)/p-1. The Morgan fingerprint density at radius 2 is 1.93 bits per heavy atom. The molecule has 0 radical (unpaired) electrons. The van der Waals surface area contributed by atoms with Gasteiger partial charge in [0, 0.05) is 22.7 Å². The van der Waals surface area contributed by atoms with Gasteiger partial charge in [-0.2, -0.15) is 18.3 Å². The maximum atomic E-state index is 13.4. The highest BCUT2D eigenvalue weighted by molar-refractivity contribution is 5.95. The third-order valence-corrected chi connectivity index (χ3v) is 4.41. The second-order valence-corrected chi connectivity index (χ2v) is 6.18. The quantitative estimate of drug-likeness (QED) is 0.587. The lowest BCUT2D eigenvalue weighted by Crippen LogP contribution is -2.26. The molecule has 0 fully saturated rings. The minimum absolute atomic E-state index is 0.155. The molecule has 0 amide bonds. The third-order valence-electron chi connectivity index (χ3n) is 4.41. The van der Waals surface area contributed by atoms with E-state index in [1.54, 1.807) is 12.1 Å². The highest BCUT2D eigenvalue weighted by Crippen LogP contribution is 2.34. The fourth-order valence-corrected chi connectivity index (χ4v) is 3.14. The number of H-pyrrole nitrogens is 1. The first kappa shape index (κ1) is 17.8. The molecule has 0 bridgehead atoms. The lowest BCUT2D eigenvalue weighted by molar-refractivity contribution is -0.255. The number of aromatic amines is 1. The molecule has 0 atom stereocenters. The van der Waals surface area contributed by atoms with Crippen LogP contribution >= 0.6 is 0 Å². The van der Waals surface area contributed by atoms with Gasteiger partial charge in [-0.25, -0.2) is 9.67 Å². The predicted octanol–water partition coefficient (Wildman–Crippen LogP) is 3.11. The van der Waals surface area contributed by atoms with Crippen molar-refractivity contribution in [2.45, 2.75) is 13.1 Å². The molecule has 28 heavy (non-hydrogen) atoms. The van der Waals surface area contributed by atoms with Gasteiger partial charge in [0.1, 0.15) is 0 Å². The second kappa shape index (κ2) is 6.22. The summed E-state index contributed by atoms with van der Waals surface area (Å²) in [6.07, 6.45) is -2.50. The normalized spacial score (nSPS) is 11.9. The maximum Gasteiger partial charge on any atom is 0.434 e. The zero-order valence-corrected chi connectivity index (χ0v) is 14.4. The first-order valence-corrected chi connectivity index (χ1v) is 8.18. The van der Waals surface area contributed by atoms with Crippen LogP contribution < -0.4 is 5.11 Å². The predicted molar refractivity (Wildman–Crippen MR) is 92.7 cm³/mol. The van der Waals surface area contributed by atoms with Gasteiger partial charge in [0.05, 0.1) is 23.4 Å². The number of carbonyl (C=O) groups is 1. The van der Waals surface area contributed by atoms with Crippen molar-refractivity contribution in [1.29, 1.82) is 0 Å². The van der Waals surface area contributed by atoms with Crippen LogP contribution in [-0.2, 0) is 6.18 Å². The molecule has 0 unspecified atom stereocenters. The first-order valence-electron chi connectivity index (χ1n) is 8.18. The molecule has 0 spiro atoms. The molecule has 0 saturated heterocycles. The van der Waals surface area contributed by atoms with E-state index in [0.29, 0.717) is 22.1 Å². The fraction of sp³-hybridized carbons (Fsp3) is 0.105. The number of hydrogen-bond donors (Lipinski definition) is 1. The molecule has 142 valence electrons. The maximum absolute atomic E-state index is 13.4. The SMILES string of the molecule is Cc1c[nH]c2c(-c3cccc(-n4ncc(C(=O)[O-])c4C(F)(F)F)n3)cccc12. The summed E-state index contributed by atoms with van der Waals surface area (Å²) in [5, 5.41) is 15.6. The number of fused-ring (bicyclic) bond motifs is 1. The fourth-order valence-electron chi connectivity index (χ4n) is 3.14. The van der Waals surface area contributed by atoms with Crippen LogP contribution in [0.1, 0.15) is 21.6 Å². The van der Waals surface area contributed by atoms with Gasteiger partial charge in [0.25, 0.3) is 0 Å². The molecule has 3 aromatic heterocycles. The minimum atomic E-state index is -4.94. The zero-order chi connectivity index (χ0) is 20.1. The topological polar surface area (TPSA) is 86.6 Å². The van der Waals surface area contributed by atoms with Crippen molar-refractivity contribution in [2.75, 3.05) is 0 Å². The molecule has 1 N–H and O–H groups in total. The monoisotopic (exact) mass is 385 g/mol. The summed E-state index contributed by atoms with van der Waals surface area (Å²) in [4.78, 5) is 18.5. The summed E-state index contributed by atoms with van der Waals surface area (Å²) >= 11 is 0. The third kappa shape index (κ3) is 2.81. The van der Waals surface area contributed by atoms with Crippen molar-refractivity contribution in [3.8, 4) is 17.1 Å². The van der Waals surface area contributed by atoms with Crippen LogP contribution in [0.2, 0.25) is 0 Å². The molecule has 0 aliphatic carbocycles. The van der Waals surface area contributed by atoms with Gasteiger partial charge in [0.15, 0.2) is 11.5 Å². The van der Waals surface area contributed by atoms with Gasteiger partial charge in [-0.3, -0.25) is 0 Å². The largest absolute Gasteiger partial charge is 0.545 e. The summed E-state index contributed by atoms with van der Waals surface area (Å²) in [5.41, 5.74) is 0.472. The molecule has 0 aliphatic heterocycles. The Morgan fingerprint density at radius 1 is 1.18 bits per heavy atom. The van der Waals surface area contributed by atoms with E-state index in [1.807, 2.05) is 25.3 Å². The van der Waals surface area contributed by atoms with Crippen molar-refractivity contribution in [2.24, 2.45) is 0 Å². The van der Waals surface area contributed by atoms with E-state index < -0.39 is 23.4 Å². The Morgan fingerprint density at radius 3 is 2.64 bits per heavy atom. The molecular weight excluding hydrogens is 373 g/mol. The smallest absolute Gasteiger partial charge is 0.434 e. The van der Waals surface area contributed by atoms with Crippen LogP contribution in [0.25, 0.3) is 28.0 Å². The average molecular weight is 385 g/mol. The number of para-hydroxylation sites is 1. The Labute approximate surface area is 156 Å². The van der Waals surface area contributed by atoms with Gasteiger partial charge < -0.3 is 14.9 Å². The Kier molecular flexibility index (Phi) is 3.95. The zero-order valence-electron chi connectivity index (χ0n) is 14.4. The number of pyridine rings is 1. The van der Waals surface area contributed by atoms with E-state index in [-0.39, 0.29) is 5.82 Å². The van der Waals surface area contributed by atoms with Crippen LogP contribution in [0, 0.1) is 6.92 Å². The second-order valence-electron chi connectivity index (χ2n) is 6.18. The van der Waals surface area contributed by atoms with Crippen LogP contribution in [0.3, 0.4) is 0 Å². The van der Waals surface area contributed by atoms with Crippen molar-refractivity contribution in [3.63, 3.8) is 0 Å². The Bertz CT molecular complexity index is 1210. The average Bonchev–Trinajstić information content (AvgIpc) is 3.26. The number of aryl methyl sites for hydroxylation is 1. The summed E-state index contributed by atoms with van der Waals surface area (Å²) in [7, 11) is 0. The number of nitrogens with zero attached hydrogens (tertiary/aromatic N) is 3. The molecule has 0 aliphatic rings. The van der Waals surface area contributed by atoms with Gasteiger partial charge in [-0.05, 0) is 24.6 Å². The van der Waals surface area contributed by atoms with E-state index in [9.17, 15) is 23.1 Å². The number of alkyl halides is 3. The number of carboxylic acids is 1. The van der Waals surface area contributed by atoms with E-state index in [1.165, 1.54) is 12.1 Å². The van der Waals surface area contributed by atoms with Crippen LogP contribution in [0.5, 0.6) is 0 Å². The lowest BCUT2D eigenvalue weighted by Gasteiger charge is -2.13. The van der Waals surface area contributed by atoms with Crippen LogP contribution in [-0.4, -0.2) is 25.7 Å². The summed E-state index contributed by atoms with van der Waals surface area (Å²) < 4.78 is 40.8. The lowest BCUT2D eigenvalue weighted by atomic mass is 10.1. The minimum Gasteiger partial charge on any atom is -0.545 e. The molecule has 6 nitrogen and oxygen atoms in total. The number of carbonyl (C=O) groups excluding carboxylic acids is 1. The Hall–Kier alpha value is -3.62. The number of nitrogens with one attached hydrogen (secondary N) is 1. The molecule has 3 heterocycles. The van der Waals surface area contributed by atoms with Crippen molar-refractivity contribution >= 4 is 16.9 Å². The van der Waals surface area contributed by atoms with Gasteiger partial charge >= 0.3 is 6.18 Å². The number of carboxylic acid groups (broad SMARTS) is 1. The molecule has 0 saturated carbocycles. The van der Waals surface area contributed by atoms with Crippen LogP contribution in [0.15, 0.2) is 48.8 Å². The number of hydrogen-bond acceptors (Lipinski definition) is 4. The summed E-state index contributed by atoms with van der Waals surface area (Å²) in [5.74, 6) is -2.11. The first-order chi connectivity index (χ1) is 13.3. The van der Waals surface area contributed by atoms with Gasteiger partial charge in [0.2, 0.25) is 0 Å². The number of aromatic carboxylic acids is 1. The number of aromatic nitrogens is 4. The van der Waals surface area contributed by atoms with Crippen molar-refractivity contribution < 1.29 is 23.1 Å². The number of benzene rings is 1. The molecule has 9 heteroatoms. The number of halogens is 3. The van der Waals surface area contributed by atoms with E-state index in [2.05, 4.69) is 15.1 Å². The van der Waals surface area contributed by atoms with Crippen LogP contribution in [0.4, 0.5) is 13.2 Å². The Balaban J connectivity index is 1.90. The molecule has 4 aromatic rings. The molecular formula is C19H12F3N4O2-. The van der Waals surface area contributed by atoms with Crippen molar-refractivity contribution in [1.82, 2.24) is 19.7 Å². The molecule has 1 aromatic carbocycles. The van der Waals surface area contributed by atoms with E-state index >= 15 is 0 Å². The van der Waals surface area contributed by atoms with Gasteiger partial charge in [-0.1, -0.05) is 24.3 Å². The van der Waals surface area contributed by atoms with E-state index in [4.69, 9.17) is 0 Å². The van der Waals surface area contributed by atoms with Gasteiger partial charge in [-0.15, -0.1) is 0 Å². The summed E-state index contributed by atoms with van der Waals surface area (Å²) in [6.45, 7) is 1.94. The molecule has 4 rings (SSSR count). The highest BCUT2D eigenvalue weighted by Gasteiger charge is 2.39.